The van der Waals surface area contributed by atoms with Crippen LogP contribution in [0.5, 0.6) is 5.75 Å². The van der Waals surface area contributed by atoms with Gasteiger partial charge in [0, 0.05) is 15.8 Å². The molecule has 0 N–H and O–H groups in total. The fourth-order valence-electron chi connectivity index (χ4n) is 2.34. The third-order valence-electron chi connectivity index (χ3n) is 3.33. The largest absolute Gasteiger partial charge is 0.496 e. The summed E-state index contributed by atoms with van der Waals surface area (Å²) in [6.45, 7) is 0. The number of para-hydroxylation sites is 1. The van der Waals surface area contributed by atoms with E-state index >= 15 is 0 Å². The second-order valence-corrected chi connectivity index (χ2v) is 5.58. The van der Waals surface area contributed by atoms with Crippen molar-refractivity contribution in [3.8, 4) is 16.9 Å². The van der Waals surface area contributed by atoms with E-state index in [1.807, 2.05) is 48.5 Å². The molecule has 0 fully saturated rings. The minimum atomic E-state index is -0.304. The second kappa shape index (κ2) is 5.58. The molecule has 3 nitrogen and oxygen atoms in total. The number of benzene rings is 2. The summed E-state index contributed by atoms with van der Waals surface area (Å²) in [7, 11) is 3.06. The van der Waals surface area contributed by atoms with Crippen LogP contribution >= 0.6 is 11.3 Å². The van der Waals surface area contributed by atoms with Gasteiger partial charge in [-0.1, -0.05) is 36.4 Å². The number of methoxy groups -OCH3 is 2. The van der Waals surface area contributed by atoms with Crippen LogP contribution in [0.4, 0.5) is 0 Å². The topological polar surface area (TPSA) is 35.5 Å². The molecular weight excluding hydrogens is 284 g/mol. The number of thiophene rings is 1. The summed E-state index contributed by atoms with van der Waals surface area (Å²) in [4.78, 5) is 12.3. The number of ether oxygens (including phenoxy) is 2. The van der Waals surface area contributed by atoms with Crippen LogP contribution in [0.3, 0.4) is 0 Å². The lowest BCUT2D eigenvalue weighted by Gasteiger charge is -2.09. The number of carbonyl (C=O) groups is 1. The summed E-state index contributed by atoms with van der Waals surface area (Å²) in [5.41, 5.74) is 2.08. The molecule has 0 unspecified atom stereocenters. The average molecular weight is 298 g/mol. The van der Waals surface area contributed by atoms with Gasteiger partial charge in [-0.15, -0.1) is 11.3 Å². The van der Waals surface area contributed by atoms with E-state index in [4.69, 9.17) is 9.47 Å². The van der Waals surface area contributed by atoms with E-state index in [1.54, 1.807) is 7.11 Å². The highest BCUT2D eigenvalue weighted by molar-refractivity contribution is 7.21. The first-order valence-corrected chi connectivity index (χ1v) is 7.30. The molecule has 2 aromatic carbocycles. The zero-order valence-corrected chi connectivity index (χ0v) is 12.6. The molecular formula is C17H14O3S. The van der Waals surface area contributed by atoms with Crippen molar-refractivity contribution in [2.75, 3.05) is 14.2 Å². The fourth-order valence-corrected chi connectivity index (χ4v) is 3.45. The van der Waals surface area contributed by atoms with Crippen molar-refractivity contribution in [2.45, 2.75) is 0 Å². The van der Waals surface area contributed by atoms with Gasteiger partial charge in [-0.2, -0.15) is 0 Å². The van der Waals surface area contributed by atoms with Crippen LogP contribution in [0.2, 0.25) is 0 Å². The number of hydrogen-bond acceptors (Lipinski definition) is 4. The maximum absolute atomic E-state index is 11.7. The third-order valence-corrected chi connectivity index (χ3v) is 4.49. The Morgan fingerprint density at radius 1 is 1.00 bits per heavy atom. The molecule has 3 rings (SSSR count). The lowest BCUT2D eigenvalue weighted by atomic mass is 10.0. The van der Waals surface area contributed by atoms with Gasteiger partial charge in [0.2, 0.25) is 0 Å². The van der Waals surface area contributed by atoms with Gasteiger partial charge < -0.3 is 9.47 Å². The van der Waals surface area contributed by atoms with Gasteiger partial charge in [-0.05, 0) is 17.5 Å². The first-order chi connectivity index (χ1) is 10.2. The number of fused-ring (bicyclic) bond motifs is 1. The minimum Gasteiger partial charge on any atom is -0.496 e. The van der Waals surface area contributed by atoms with Crippen molar-refractivity contribution in [1.29, 1.82) is 0 Å². The third kappa shape index (κ3) is 2.38. The smallest absolute Gasteiger partial charge is 0.348 e. The van der Waals surface area contributed by atoms with Crippen molar-refractivity contribution < 1.29 is 14.3 Å². The molecule has 0 aliphatic heterocycles. The second-order valence-electron chi connectivity index (χ2n) is 4.53. The molecule has 0 saturated heterocycles. The molecule has 0 radical (unpaired) electrons. The van der Waals surface area contributed by atoms with Crippen LogP contribution in [0.15, 0.2) is 48.5 Å². The summed E-state index contributed by atoms with van der Waals surface area (Å²) in [5.74, 6) is 0.514. The maximum Gasteiger partial charge on any atom is 0.348 e. The predicted molar refractivity (Wildman–Crippen MR) is 85.2 cm³/mol. The van der Waals surface area contributed by atoms with Crippen LogP contribution in [0, 0.1) is 0 Å². The Kier molecular flexibility index (Phi) is 3.62. The molecule has 3 aromatic rings. The molecule has 1 aromatic heterocycles. The molecule has 4 heteroatoms. The molecule has 0 aliphatic carbocycles. The molecule has 21 heavy (non-hydrogen) atoms. The Labute approximate surface area is 126 Å². The molecule has 0 atom stereocenters. The molecule has 106 valence electrons. The van der Waals surface area contributed by atoms with Gasteiger partial charge >= 0.3 is 5.97 Å². The highest BCUT2D eigenvalue weighted by Gasteiger charge is 2.15. The highest BCUT2D eigenvalue weighted by atomic mass is 32.1. The Balaban J connectivity index is 2.23. The van der Waals surface area contributed by atoms with Crippen molar-refractivity contribution in [3.05, 3.63) is 53.4 Å². The first kappa shape index (κ1) is 13.6. The summed E-state index contributed by atoms with van der Waals surface area (Å²) in [5, 5.41) is 1.03. The molecule has 0 aliphatic rings. The Morgan fingerprint density at radius 3 is 2.52 bits per heavy atom. The van der Waals surface area contributed by atoms with Crippen LogP contribution in [0.25, 0.3) is 21.2 Å². The normalized spacial score (nSPS) is 10.6. The summed E-state index contributed by atoms with van der Waals surface area (Å²) in [6, 6.07) is 15.8. The number of carbonyl (C=O) groups excluding carboxylic acids is 1. The summed E-state index contributed by atoms with van der Waals surface area (Å²) >= 11 is 1.44. The fraction of sp³-hybridized carbons (Fsp3) is 0.118. The van der Waals surface area contributed by atoms with Gasteiger partial charge in [-0.3, -0.25) is 0 Å². The maximum atomic E-state index is 11.7. The Hall–Kier alpha value is -2.33. The van der Waals surface area contributed by atoms with E-state index in [0.717, 1.165) is 27.0 Å². The van der Waals surface area contributed by atoms with Crippen molar-refractivity contribution in [2.24, 2.45) is 0 Å². The molecule has 1 heterocycles. The van der Waals surface area contributed by atoms with E-state index in [1.165, 1.54) is 18.4 Å². The Morgan fingerprint density at radius 2 is 1.76 bits per heavy atom. The van der Waals surface area contributed by atoms with Gasteiger partial charge in [0.25, 0.3) is 0 Å². The first-order valence-electron chi connectivity index (χ1n) is 6.49. The van der Waals surface area contributed by atoms with Gasteiger partial charge in [0.1, 0.15) is 10.6 Å². The minimum absolute atomic E-state index is 0.304. The average Bonchev–Trinajstić information content (AvgIpc) is 2.98. The van der Waals surface area contributed by atoms with Gasteiger partial charge in [-0.25, -0.2) is 4.79 Å². The highest BCUT2D eigenvalue weighted by Crippen LogP contribution is 2.38. The van der Waals surface area contributed by atoms with Gasteiger partial charge in [0.15, 0.2) is 0 Å². The van der Waals surface area contributed by atoms with E-state index in [9.17, 15) is 4.79 Å². The van der Waals surface area contributed by atoms with Crippen LogP contribution in [0.1, 0.15) is 9.67 Å². The van der Waals surface area contributed by atoms with E-state index in [-0.39, 0.29) is 5.97 Å². The monoisotopic (exact) mass is 298 g/mol. The molecule has 0 saturated carbocycles. The van der Waals surface area contributed by atoms with Crippen LogP contribution in [-0.4, -0.2) is 20.2 Å². The Bertz CT molecular complexity index is 805. The van der Waals surface area contributed by atoms with Crippen molar-refractivity contribution in [3.63, 3.8) is 0 Å². The molecule has 0 bridgehead atoms. The zero-order valence-electron chi connectivity index (χ0n) is 11.8. The molecule has 0 spiro atoms. The lowest BCUT2D eigenvalue weighted by Crippen LogP contribution is -1.96. The van der Waals surface area contributed by atoms with E-state index < -0.39 is 0 Å². The summed E-state index contributed by atoms with van der Waals surface area (Å²) in [6.07, 6.45) is 0. The number of esters is 1. The van der Waals surface area contributed by atoms with Crippen LogP contribution in [-0.2, 0) is 4.74 Å². The van der Waals surface area contributed by atoms with E-state index in [2.05, 4.69) is 0 Å². The number of hydrogen-bond donors (Lipinski definition) is 0. The lowest BCUT2D eigenvalue weighted by molar-refractivity contribution is 0.0606. The van der Waals surface area contributed by atoms with Gasteiger partial charge in [0.05, 0.1) is 14.2 Å². The van der Waals surface area contributed by atoms with Crippen molar-refractivity contribution in [1.82, 2.24) is 0 Å². The molecule has 0 amide bonds. The van der Waals surface area contributed by atoms with E-state index in [0.29, 0.717) is 4.88 Å². The van der Waals surface area contributed by atoms with Crippen LogP contribution < -0.4 is 4.74 Å². The predicted octanol–water partition coefficient (Wildman–Crippen LogP) is 4.36. The summed E-state index contributed by atoms with van der Waals surface area (Å²) < 4.78 is 11.3. The van der Waals surface area contributed by atoms with Crippen molar-refractivity contribution >= 4 is 27.4 Å². The zero-order chi connectivity index (χ0) is 14.8. The number of rotatable bonds is 3. The quantitative estimate of drug-likeness (QED) is 0.674. The SMILES string of the molecule is COC(=O)c1cc2cccc(-c3ccccc3OC)c2s1. The standard InChI is InChI=1S/C17H14O3S/c1-19-14-9-4-3-7-12(14)13-8-5-6-11-10-15(17(18)20-2)21-16(11)13/h3-10H,1-2H3.